The van der Waals surface area contributed by atoms with Crippen LogP contribution in [0.15, 0.2) is 59.5 Å². The standard InChI is InChI=1S/C22H22N2O4S/c1-2-3-13-28-18-11-9-17(10-12-18)23-20(25)15-24-21(26)19(29-22(24)27)14-16-7-5-4-6-8-16/h4-12,14H,2-3,13,15H2,1H3,(H,23,25)/b19-14+. The molecule has 0 saturated carbocycles. The van der Waals surface area contributed by atoms with E-state index in [1.807, 2.05) is 30.3 Å². The highest BCUT2D eigenvalue weighted by Gasteiger charge is 2.36. The van der Waals surface area contributed by atoms with Crippen LogP contribution >= 0.6 is 11.8 Å². The summed E-state index contributed by atoms with van der Waals surface area (Å²) < 4.78 is 5.58. The molecular formula is C22H22N2O4S. The topological polar surface area (TPSA) is 75.7 Å². The average Bonchev–Trinajstić information content (AvgIpc) is 2.97. The first kappa shape index (κ1) is 20.7. The fourth-order valence-corrected chi connectivity index (χ4v) is 3.49. The van der Waals surface area contributed by atoms with E-state index in [9.17, 15) is 14.4 Å². The number of unbranched alkanes of at least 4 members (excludes halogenated alkanes) is 1. The fraction of sp³-hybridized carbons (Fsp3) is 0.227. The summed E-state index contributed by atoms with van der Waals surface area (Å²) in [6.07, 6.45) is 3.69. The number of anilines is 1. The van der Waals surface area contributed by atoms with Crippen molar-refractivity contribution < 1.29 is 19.1 Å². The van der Waals surface area contributed by atoms with E-state index in [2.05, 4.69) is 12.2 Å². The molecule has 1 N–H and O–H groups in total. The number of carbonyl (C=O) groups excluding carboxylic acids is 3. The van der Waals surface area contributed by atoms with Crippen molar-refractivity contribution in [1.29, 1.82) is 0 Å². The molecule has 1 fully saturated rings. The molecule has 0 unspecified atom stereocenters. The predicted octanol–water partition coefficient (Wildman–Crippen LogP) is 4.54. The number of amides is 3. The van der Waals surface area contributed by atoms with E-state index in [4.69, 9.17) is 4.74 Å². The molecular weight excluding hydrogens is 388 g/mol. The van der Waals surface area contributed by atoms with Gasteiger partial charge in [-0.15, -0.1) is 0 Å². The van der Waals surface area contributed by atoms with Crippen molar-refractivity contribution in [1.82, 2.24) is 4.90 Å². The Balaban J connectivity index is 1.57. The molecule has 0 aliphatic carbocycles. The molecule has 3 rings (SSSR count). The average molecular weight is 410 g/mol. The second-order valence-electron chi connectivity index (χ2n) is 6.45. The minimum Gasteiger partial charge on any atom is -0.494 e. The number of hydrogen-bond acceptors (Lipinski definition) is 5. The van der Waals surface area contributed by atoms with Gasteiger partial charge in [0.15, 0.2) is 0 Å². The molecule has 0 atom stereocenters. The maximum Gasteiger partial charge on any atom is 0.294 e. The van der Waals surface area contributed by atoms with Crippen LogP contribution in [-0.4, -0.2) is 35.1 Å². The molecule has 1 aliphatic rings. The molecule has 1 saturated heterocycles. The van der Waals surface area contributed by atoms with Crippen LogP contribution in [0.25, 0.3) is 6.08 Å². The van der Waals surface area contributed by atoms with Crippen molar-refractivity contribution in [3.63, 3.8) is 0 Å². The fourth-order valence-electron chi connectivity index (χ4n) is 2.65. The Kier molecular flexibility index (Phi) is 7.08. The lowest BCUT2D eigenvalue weighted by atomic mass is 10.2. The summed E-state index contributed by atoms with van der Waals surface area (Å²) in [6, 6.07) is 16.3. The minimum atomic E-state index is -0.460. The lowest BCUT2D eigenvalue weighted by Gasteiger charge is -2.13. The van der Waals surface area contributed by atoms with E-state index in [1.54, 1.807) is 30.3 Å². The van der Waals surface area contributed by atoms with Crippen molar-refractivity contribution in [2.45, 2.75) is 19.8 Å². The van der Waals surface area contributed by atoms with Crippen LogP contribution in [-0.2, 0) is 9.59 Å². The van der Waals surface area contributed by atoms with Crippen LogP contribution in [0, 0.1) is 0 Å². The maximum absolute atomic E-state index is 12.5. The normalized spacial score (nSPS) is 15.1. The number of carbonyl (C=O) groups is 3. The van der Waals surface area contributed by atoms with Crippen LogP contribution < -0.4 is 10.1 Å². The number of rotatable bonds is 8. The van der Waals surface area contributed by atoms with Gasteiger partial charge >= 0.3 is 0 Å². The number of imide groups is 1. The number of thioether (sulfide) groups is 1. The summed E-state index contributed by atoms with van der Waals surface area (Å²) in [5.41, 5.74) is 1.40. The van der Waals surface area contributed by atoms with Gasteiger partial charge in [0.1, 0.15) is 12.3 Å². The summed E-state index contributed by atoms with van der Waals surface area (Å²) in [5, 5.41) is 2.25. The zero-order valence-electron chi connectivity index (χ0n) is 16.1. The van der Waals surface area contributed by atoms with E-state index in [0.29, 0.717) is 17.2 Å². The van der Waals surface area contributed by atoms with E-state index in [0.717, 1.165) is 40.8 Å². The highest BCUT2D eigenvalue weighted by atomic mass is 32.2. The Labute approximate surface area is 173 Å². The van der Waals surface area contributed by atoms with Crippen molar-refractivity contribution in [3.05, 3.63) is 65.1 Å². The first-order valence-corrected chi connectivity index (χ1v) is 10.2. The summed E-state index contributed by atoms with van der Waals surface area (Å²) >= 11 is 0.838. The number of nitrogens with zero attached hydrogens (tertiary/aromatic N) is 1. The van der Waals surface area contributed by atoms with Crippen molar-refractivity contribution in [3.8, 4) is 5.75 Å². The highest BCUT2D eigenvalue weighted by molar-refractivity contribution is 8.18. The molecule has 0 spiro atoms. The summed E-state index contributed by atoms with van der Waals surface area (Å²) in [4.78, 5) is 38.2. The van der Waals surface area contributed by atoms with Crippen LogP contribution in [0.5, 0.6) is 5.75 Å². The third-order valence-corrected chi connectivity index (χ3v) is 5.08. The van der Waals surface area contributed by atoms with Crippen molar-refractivity contribution in [2.75, 3.05) is 18.5 Å². The van der Waals surface area contributed by atoms with Crippen molar-refractivity contribution in [2.24, 2.45) is 0 Å². The number of hydrogen-bond donors (Lipinski definition) is 1. The highest BCUT2D eigenvalue weighted by Crippen LogP contribution is 2.32. The molecule has 0 bridgehead atoms. The van der Waals surface area contributed by atoms with Gasteiger partial charge in [-0.05, 0) is 54.1 Å². The van der Waals surface area contributed by atoms with E-state index >= 15 is 0 Å². The lowest BCUT2D eigenvalue weighted by Crippen LogP contribution is -2.36. The predicted molar refractivity (Wildman–Crippen MR) is 115 cm³/mol. The molecule has 29 heavy (non-hydrogen) atoms. The van der Waals surface area contributed by atoms with E-state index in [-0.39, 0.29) is 6.54 Å². The Morgan fingerprint density at radius 1 is 1.10 bits per heavy atom. The molecule has 2 aromatic rings. The Morgan fingerprint density at radius 3 is 2.52 bits per heavy atom. The number of nitrogens with one attached hydrogen (secondary N) is 1. The number of benzene rings is 2. The zero-order chi connectivity index (χ0) is 20.6. The van der Waals surface area contributed by atoms with Crippen LogP contribution in [0.2, 0.25) is 0 Å². The van der Waals surface area contributed by atoms with Crippen molar-refractivity contribution >= 4 is 40.6 Å². The Hall–Kier alpha value is -3.06. The second-order valence-corrected chi connectivity index (χ2v) is 7.45. The minimum absolute atomic E-state index is 0.308. The third kappa shape index (κ3) is 5.71. The van der Waals surface area contributed by atoms with Crippen LogP contribution in [0.1, 0.15) is 25.3 Å². The maximum atomic E-state index is 12.5. The first-order chi connectivity index (χ1) is 14.1. The van der Waals surface area contributed by atoms with Gasteiger partial charge in [0.05, 0.1) is 11.5 Å². The Bertz CT molecular complexity index is 910. The smallest absolute Gasteiger partial charge is 0.294 e. The third-order valence-electron chi connectivity index (χ3n) is 4.18. The Morgan fingerprint density at radius 2 is 1.83 bits per heavy atom. The SMILES string of the molecule is CCCCOc1ccc(NC(=O)CN2C(=O)S/C(=C/c3ccccc3)C2=O)cc1. The van der Waals surface area contributed by atoms with Gasteiger partial charge in [-0.1, -0.05) is 43.7 Å². The number of ether oxygens (including phenoxy) is 1. The largest absolute Gasteiger partial charge is 0.494 e. The molecule has 1 aliphatic heterocycles. The van der Waals surface area contributed by atoms with Gasteiger partial charge in [-0.2, -0.15) is 0 Å². The van der Waals surface area contributed by atoms with E-state index < -0.39 is 17.1 Å². The molecule has 3 amide bonds. The second kappa shape index (κ2) is 9.93. The molecule has 0 radical (unpaired) electrons. The van der Waals surface area contributed by atoms with Gasteiger partial charge in [0.25, 0.3) is 11.1 Å². The van der Waals surface area contributed by atoms with Gasteiger partial charge < -0.3 is 10.1 Å². The molecule has 6 nitrogen and oxygen atoms in total. The lowest BCUT2D eigenvalue weighted by molar-refractivity contribution is -0.127. The molecule has 2 aromatic carbocycles. The quantitative estimate of drug-likeness (QED) is 0.511. The molecule has 1 heterocycles. The van der Waals surface area contributed by atoms with Gasteiger partial charge in [-0.25, -0.2) is 0 Å². The zero-order valence-corrected chi connectivity index (χ0v) is 16.9. The summed E-state index contributed by atoms with van der Waals surface area (Å²) in [6.45, 7) is 2.42. The molecule has 0 aromatic heterocycles. The molecule has 7 heteroatoms. The van der Waals surface area contributed by atoms with Gasteiger partial charge in [0, 0.05) is 5.69 Å². The first-order valence-electron chi connectivity index (χ1n) is 9.40. The monoisotopic (exact) mass is 410 g/mol. The van der Waals surface area contributed by atoms with Crippen LogP contribution in [0.4, 0.5) is 10.5 Å². The summed E-state index contributed by atoms with van der Waals surface area (Å²) in [7, 11) is 0. The molecule has 150 valence electrons. The van der Waals surface area contributed by atoms with Crippen LogP contribution in [0.3, 0.4) is 0 Å². The van der Waals surface area contributed by atoms with Gasteiger partial charge in [-0.3, -0.25) is 19.3 Å². The summed E-state index contributed by atoms with van der Waals surface area (Å²) in [5.74, 6) is -0.167. The van der Waals surface area contributed by atoms with E-state index in [1.165, 1.54) is 0 Å². The van der Waals surface area contributed by atoms with Gasteiger partial charge in [0.2, 0.25) is 5.91 Å².